The Labute approximate surface area is 112 Å². The summed E-state index contributed by atoms with van der Waals surface area (Å²) in [5.74, 6) is 0. The predicted octanol–water partition coefficient (Wildman–Crippen LogP) is 3.46. The lowest BCUT2D eigenvalue weighted by Gasteiger charge is -2.25. The molecule has 0 aliphatic carbocycles. The standard InChI is InChI=1S/C17H16N2/c1-17(18,15-9-3-2-4-10-15)16-11-13-7-5-6-8-14(13)12-19-16/h2-12H,18H2,1H3. The van der Waals surface area contributed by atoms with E-state index in [1.165, 1.54) is 5.39 Å². The van der Waals surface area contributed by atoms with Gasteiger partial charge in [-0.1, -0.05) is 54.6 Å². The summed E-state index contributed by atoms with van der Waals surface area (Å²) in [4.78, 5) is 4.53. The summed E-state index contributed by atoms with van der Waals surface area (Å²) in [5, 5.41) is 2.30. The van der Waals surface area contributed by atoms with Gasteiger partial charge >= 0.3 is 0 Å². The Hall–Kier alpha value is -2.19. The molecule has 0 radical (unpaired) electrons. The fourth-order valence-corrected chi connectivity index (χ4v) is 2.30. The third-order valence-electron chi connectivity index (χ3n) is 3.54. The molecule has 3 rings (SSSR count). The number of hydrogen-bond acceptors (Lipinski definition) is 2. The molecule has 1 heterocycles. The third-order valence-corrected chi connectivity index (χ3v) is 3.54. The second kappa shape index (κ2) is 4.48. The maximum absolute atomic E-state index is 6.49. The molecule has 2 N–H and O–H groups in total. The number of pyridine rings is 1. The summed E-state index contributed by atoms with van der Waals surface area (Å²) in [6, 6.07) is 20.3. The lowest BCUT2D eigenvalue weighted by molar-refractivity contribution is 0.583. The van der Waals surface area contributed by atoms with Crippen LogP contribution in [0.3, 0.4) is 0 Å². The normalized spacial score (nSPS) is 14.2. The predicted molar refractivity (Wildman–Crippen MR) is 78.8 cm³/mol. The fourth-order valence-electron chi connectivity index (χ4n) is 2.30. The minimum absolute atomic E-state index is 0.578. The molecule has 1 aromatic heterocycles. The van der Waals surface area contributed by atoms with Crippen molar-refractivity contribution in [2.45, 2.75) is 12.5 Å². The van der Waals surface area contributed by atoms with Gasteiger partial charge in [0.25, 0.3) is 0 Å². The molecule has 94 valence electrons. The van der Waals surface area contributed by atoms with Gasteiger partial charge < -0.3 is 5.73 Å². The molecule has 0 fully saturated rings. The number of fused-ring (bicyclic) bond motifs is 1. The zero-order valence-corrected chi connectivity index (χ0v) is 10.9. The van der Waals surface area contributed by atoms with Crippen molar-refractivity contribution >= 4 is 10.8 Å². The van der Waals surface area contributed by atoms with Crippen molar-refractivity contribution in [3.8, 4) is 0 Å². The zero-order valence-electron chi connectivity index (χ0n) is 10.9. The van der Waals surface area contributed by atoms with Gasteiger partial charge in [-0.3, -0.25) is 4.98 Å². The first kappa shape index (κ1) is 11.9. The van der Waals surface area contributed by atoms with Crippen LogP contribution in [-0.4, -0.2) is 4.98 Å². The molecule has 0 saturated heterocycles. The minimum atomic E-state index is -0.578. The van der Waals surface area contributed by atoms with Crippen LogP contribution in [0, 0.1) is 0 Å². The summed E-state index contributed by atoms with van der Waals surface area (Å²) in [7, 11) is 0. The number of nitrogens with two attached hydrogens (primary N) is 1. The second-order valence-corrected chi connectivity index (χ2v) is 4.99. The van der Waals surface area contributed by atoms with Gasteiger partial charge in [0.2, 0.25) is 0 Å². The molecule has 2 aromatic carbocycles. The average Bonchev–Trinajstić information content (AvgIpc) is 2.47. The summed E-state index contributed by atoms with van der Waals surface area (Å²) in [5.41, 5.74) is 7.86. The monoisotopic (exact) mass is 248 g/mol. The molecule has 1 unspecified atom stereocenters. The quantitative estimate of drug-likeness (QED) is 0.754. The van der Waals surface area contributed by atoms with Crippen molar-refractivity contribution in [3.05, 3.63) is 78.1 Å². The van der Waals surface area contributed by atoms with Crippen molar-refractivity contribution < 1.29 is 0 Å². The zero-order chi connectivity index (χ0) is 13.3. The van der Waals surface area contributed by atoms with E-state index in [-0.39, 0.29) is 0 Å². The smallest absolute Gasteiger partial charge is 0.0810 e. The van der Waals surface area contributed by atoms with Gasteiger partial charge in [0, 0.05) is 11.6 Å². The van der Waals surface area contributed by atoms with Crippen LogP contribution in [0.4, 0.5) is 0 Å². The van der Waals surface area contributed by atoms with Crippen LogP contribution in [0.15, 0.2) is 66.9 Å². The maximum Gasteiger partial charge on any atom is 0.0810 e. The molecule has 0 saturated carbocycles. The molecule has 0 aliphatic heterocycles. The lowest BCUT2D eigenvalue weighted by Crippen LogP contribution is -2.35. The highest BCUT2D eigenvalue weighted by Crippen LogP contribution is 2.26. The minimum Gasteiger partial charge on any atom is -0.317 e. The molecule has 3 aromatic rings. The van der Waals surface area contributed by atoms with Gasteiger partial charge in [0.15, 0.2) is 0 Å². The second-order valence-electron chi connectivity index (χ2n) is 4.99. The highest BCUT2D eigenvalue weighted by molar-refractivity contribution is 5.82. The number of rotatable bonds is 2. The summed E-state index contributed by atoms with van der Waals surface area (Å²) in [6.07, 6.45) is 1.89. The van der Waals surface area contributed by atoms with E-state index in [4.69, 9.17) is 5.73 Å². The van der Waals surface area contributed by atoms with Crippen molar-refractivity contribution in [1.82, 2.24) is 4.98 Å². The van der Waals surface area contributed by atoms with Crippen LogP contribution in [0.2, 0.25) is 0 Å². The molecule has 0 bridgehead atoms. The van der Waals surface area contributed by atoms with Gasteiger partial charge in [-0.05, 0) is 23.9 Å². The molecule has 19 heavy (non-hydrogen) atoms. The molecule has 2 heteroatoms. The van der Waals surface area contributed by atoms with Crippen LogP contribution >= 0.6 is 0 Å². The van der Waals surface area contributed by atoms with E-state index < -0.39 is 5.54 Å². The van der Waals surface area contributed by atoms with E-state index in [1.807, 2.05) is 55.6 Å². The van der Waals surface area contributed by atoms with Crippen LogP contribution in [0.1, 0.15) is 18.2 Å². The Kier molecular flexibility index (Phi) is 2.80. The first-order chi connectivity index (χ1) is 9.18. The van der Waals surface area contributed by atoms with Gasteiger partial charge in [0.05, 0.1) is 11.2 Å². The topological polar surface area (TPSA) is 38.9 Å². The van der Waals surface area contributed by atoms with Gasteiger partial charge in [0.1, 0.15) is 0 Å². The van der Waals surface area contributed by atoms with E-state index in [2.05, 4.69) is 23.2 Å². The molecule has 0 spiro atoms. The third kappa shape index (κ3) is 2.11. The Morgan fingerprint density at radius 3 is 2.26 bits per heavy atom. The molecular weight excluding hydrogens is 232 g/mol. The van der Waals surface area contributed by atoms with Crippen molar-refractivity contribution in [3.63, 3.8) is 0 Å². The van der Waals surface area contributed by atoms with E-state index in [1.54, 1.807) is 0 Å². The van der Waals surface area contributed by atoms with Gasteiger partial charge in [-0.25, -0.2) is 0 Å². The first-order valence-corrected chi connectivity index (χ1v) is 6.37. The van der Waals surface area contributed by atoms with E-state index >= 15 is 0 Å². The molecule has 1 atom stereocenters. The maximum atomic E-state index is 6.49. The van der Waals surface area contributed by atoms with Crippen molar-refractivity contribution in [2.24, 2.45) is 5.73 Å². The van der Waals surface area contributed by atoms with Crippen LogP contribution < -0.4 is 5.73 Å². The summed E-state index contributed by atoms with van der Waals surface area (Å²) in [6.45, 7) is 2.00. The van der Waals surface area contributed by atoms with E-state index in [9.17, 15) is 0 Å². The number of aromatic nitrogens is 1. The lowest BCUT2D eigenvalue weighted by atomic mass is 9.88. The molecular formula is C17H16N2. The molecule has 0 amide bonds. The largest absolute Gasteiger partial charge is 0.317 e. The first-order valence-electron chi connectivity index (χ1n) is 6.37. The number of nitrogens with zero attached hydrogens (tertiary/aromatic N) is 1. The fraction of sp³-hybridized carbons (Fsp3) is 0.118. The van der Waals surface area contributed by atoms with Crippen LogP contribution in [-0.2, 0) is 5.54 Å². The number of benzene rings is 2. The Bertz CT molecular complexity index is 703. The summed E-state index contributed by atoms with van der Waals surface area (Å²) >= 11 is 0. The van der Waals surface area contributed by atoms with Crippen molar-refractivity contribution in [2.75, 3.05) is 0 Å². The highest BCUT2D eigenvalue weighted by Gasteiger charge is 2.25. The summed E-state index contributed by atoms with van der Waals surface area (Å²) < 4.78 is 0. The Balaban J connectivity index is 2.13. The Morgan fingerprint density at radius 2 is 1.53 bits per heavy atom. The Morgan fingerprint density at radius 1 is 0.895 bits per heavy atom. The van der Waals surface area contributed by atoms with Crippen molar-refractivity contribution in [1.29, 1.82) is 0 Å². The number of hydrogen-bond donors (Lipinski definition) is 1. The van der Waals surface area contributed by atoms with Crippen LogP contribution in [0.25, 0.3) is 10.8 Å². The van der Waals surface area contributed by atoms with E-state index in [0.29, 0.717) is 0 Å². The van der Waals surface area contributed by atoms with E-state index in [0.717, 1.165) is 16.6 Å². The van der Waals surface area contributed by atoms with Crippen LogP contribution in [0.5, 0.6) is 0 Å². The van der Waals surface area contributed by atoms with Gasteiger partial charge in [-0.15, -0.1) is 0 Å². The average molecular weight is 248 g/mol. The van der Waals surface area contributed by atoms with Gasteiger partial charge in [-0.2, -0.15) is 0 Å². The molecule has 2 nitrogen and oxygen atoms in total. The molecule has 0 aliphatic rings. The SMILES string of the molecule is CC(N)(c1ccccc1)c1cc2ccccc2cn1. The highest BCUT2D eigenvalue weighted by atomic mass is 14.8.